The molecule has 0 radical (unpaired) electrons. The van der Waals surface area contributed by atoms with Crippen molar-refractivity contribution < 1.29 is 24.5 Å². The van der Waals surface area contributed by atoms with E-state index in [0.29, 0.717) is 27.6 Å². The SMILES string of the molecule is O=C(Nc1ccc2oc3ccccc3c(=O)c2c1)c1cc(O)c(O)c(O)c1. The predicted molar refractivity (Wildman–Crippen MR) is 99.4 cm³/mol. The summed E-state index contributed by atoms with van der Waals surface area (Å²) < 4.78 is 5.71. The molecule has 0 aliphatic carbocycles. The Morgan fingerprint density at radius 2 is 1.52 bits per heavy atom. The minimum atomic E-state index is -0.707. The van der Waals surface area contributed by atoms with Gasteiger partial charge in [-0.2, -0.15) is 0 Å². The molecule has 7 heteroatoms. The highest BCUT2D eigenvalue weighted by Gasteiger charge is 2.15. The van der Waals surface area contributed by atoms with Gasteiger partial charge in [-0.15, -0.1) is 0 Å². The highest BCUT2D eigenvalue weighted by Crippen LogP contribution is 2.35. The summed E-state index contributed by atoms with van der Waals surface area (Å²) in [6, 6.07) is 13.5. The van der Waals surface area contributed by atoms with E-state index in [0.717, 1.165) is 12.1 Å². The Labute approximate surface area is 151 Å². The van der Waals surface area contributed by atoms with Crippen LogP contribution in [0.25, 0.3) is 21.9 Å². The lowest BCUT2D eigenvalue weighted by atomic mass is 10.1. The molecule has 0 unspecified atom stereocenters. The zero-order valence-electron chi connectivity index (χ0n) is 13.8. The number of phenols is 3. The molecule has 0 fully saturated rings. The van der Waals surface area contributed by atoms with Gasteiger partial charge >= 0.3 is 0 Å². The van der Waals surface area contributed by atoms with Crippen LogP contribution in [0, 0.1) is 0 Å². The molecule has 0 saturated carbocycles. The first-order valence-corrected chi connectivity index (χ1v) is 7.96. The van der Waals surface area contributed by atoms with Crippen LogP contribution in [0.1, 0.15) is 10.4 Å². The minimum Gasteiger partial charge on any atom is -0.504 e. The molecule has 27 heavy (non-hydrogen) atoms. The number of fused-ring (bicyclic) bond motifs is 2. The van der Waals surface area contributed by atoms with Crippen molar-refractivity contribution in [2.45, 2.75) is 0 Å². The van der Waals surface area contributed by atoms with E-state index < -0.39 is 23.2 Å². The minimum absolute atomic E-state index is 0.0616. The van der Waals surface area contributed by atoms with Gasteiger partial charge in [0, 0.05) is 11.3 Å². The number of aromatic hydroxyl groups is 3. The van der Waals surface area contributed by atoms with Crippen molar-refractivity contribution >= 4 is 33.5 Å². The number of phenolic OH excluding ortho intramolecular Hbond substituents is 3. The zero-order chi connectivity index (χ0) is 19.1. The van der Waals surface area contributed by atoms with Crippen molar-refractivity contribution in [1.29, 1.82) is 0 Å². The first kappa shape index (κ1) is 16.5. The molecule has 1 aromatic heterocycles. The maximum Gasteiger partial charge on any atom is 0.255 e. The Bertz CT molecular complexity index is 1250. The second kappa shape index (κ2) is 6.06. The van der Waals surface area contributed by atoms with E-state index in [1.807, 2.05) is 0 Å². The summed E-state index contributed by atoms with van der Waals surface area (Å²) >= 11 is 0. The van der Waals surface area contributed by atoms with Crippen LogP contribution >= 0.6 is 0 Å². The summed E-state index contributed by atoms with van der Waals surface area (Å²) in [7, 11) is 0. The van der Waals surface area contributed by atoms with Gasteiger partial charge in [-0.1, -0.05) is 12.1 Å². The summed E-state index contributed by atoms with van der Waals surface area (Å²) in [4.78, 5) is 25.0. The second-order valence-corrected chi connectivity index (χ2v) is 5.96. The number of carbonyl (C=O) groups is 1. The van der Waals surface area contributed by atoms with E-state index in [-0.39, 0.29) is 11.0 Å². The number of para-hydroxylation sites is 1. The molecular weight excluding hydrogens is 350 g/mol. The fourth-order valence-corrected chi connectivity index (χ4v) is 2.82. The lowest BCUT2D eigenvalue weighted by molar-refractivity contribution is 0.102. The van der Waals surface area contributed by atoms with Gasteiger partial charge < -0.3 is 25.1 Å². The normalized spacial score (nSPS) is 11.0. The Hall–Kier alpha value is -4.00. The van der Waals surface area contributed by atoms with E-state index in [9.17, 15) is 24.9 Å². The van der Waals surface area contributed by atoms with Gasteiger partial charge in [0.2, 0.25) is 5.43 Å². The van der Waals surface area contributed by atoms with Gasteiger partial charge in [0.05, 0.1) is 10.8 Å². The van der Waals surface area contributed by atoms with Gasteiger partial charge in [0.1, 0.15) is 11.2 Å². The highest BCUT2D eigenvalue weighted by molar-refractivity contribution is 6.06. The lowest BCUT2D eigenvalue weighted by Crippen LogP contribution is -2.12. The molecule has 0 spiro atoms. The number of hydrogen-bond acceptors (Lipinski definition) is 6. The third kappa shape index (κ3) is 2.81. The van der Waals surface area contributed by atoms with Crippen LogP contribution in [-0.4, -0.2) is 21.2 Å². The number of amides is 1. The Balaban J connectivity index is 1.74. The van der Waals surface area contributed by atoms with E-state index in [1.165, 1.54) is 6.07 Å². The number of rotatable bonds is 2. The molecule has 4 aromatic rings. The van der Waals surface area contributed by atoms with Gasteiger partial charge in [-0.3, -0.25) is 9.59 Å². The van der Waals surface area contributed by atoms with Crippen molar-refractivity contribution in [2.24, 2.45) is 0 Å². The predicted octanol–water partition coefficient (Wildman–Crippen LogP) is 3.32. The summed E-state index contributed by atoms with van der Waals surface area (Å²) in [6.07, 6.45) is 0. The van der Waals surface area contributed by atoms with Crippen LogP contribution in [0.15, 0.2) is 63.8 Å². The van der Waals surface area contributed by atoms with Crippen LogP contribution in [0.3, 0.4) is 0 Å². The second-order valence-electron chi connectivity index (χ2n) is 5.96. The Morgan fingerprint density at radius 3 is 2.26 bits per heavy atom. The molecule has 0 aliphatic rings. The van der Waals surface area contributed by atoms with E-state index in [1.54, 1.807) is 36.4 Å². The molecular formula is C20H13NO6. The van der Waals surface area contributed by atoms with E-state index >= 15 is 0 Å². The van der Waals surface area contributed by atoms with E-state index in [2.05, 4.69) is 5.32 Å². The molecule has 1 amide bonds. The van der Waals surface area contributed by atoms with Crippen molar-refractivity contribution in [3.8, 4) is 17.2 Å². The molecule has 4 rings (SSSR count). The van der Waals surface area contributed by atoms with Crippen molar-refractivity contribution in [1.82, 2.24) is 0 Å². The van der Waals surface area contributed by atoms with Crippen LogP contribution in [0.5, 0.6) is 17.2 Å². The summed E-state index contributed by atoms with van der Waals surface area (Å²) in [5.74, 6) is -2.58. The van der Waals surface area contributed by atoms with Crippen molar-refractivity contribution in [3.05, 3.63) is 70.4 Å². The van der Waals surface area contributed by atoms with Gasteiger partial charge in [0.25, 0.3) is 5.91 Å². The molecule has 0 atom stereocenters. The van der Waals surface area contributed by atoms with Crippen molar-refractivity contribution in [2.75, 3.05) is 5.32 Å². The number of anilines is 1. The van der Waals surface area contributed by atoms with Crippen LogP contribution < -0.4 is 10.7 Å². The van der Waals surface area contributed by atoms with Crippen LogP contribution in [0.2, 0.25) is 0 Å². The van der Waals surface area contributed by atoms with Gasteiger partial charge in [-0.25, -0.2) is 0 Å². The van der Waals surface area contributed by atoms with Gasteiger partial charge in [0.15, 0.2) is 17.2 Å². The van der Waals surface area contributed by atoms with E-state index in [4.69, 9.17) is 4.42 Å². The third-order valence-electron chi connectivity index (χ3n) is 4.17. The summed E-state index contributed by atoms with van der Waals surface area (Å²) in [5, 5.41) is 31.7. The van der Waals surface area contributed by atoms with Gasteiger partial charge in [-0.05, 0) is 42.5 Å². The average molecular weight is 363 g/mol. The maximum absolute atomic E-state index is 12.7. The largest absolute Gasteiger partial charge is 0.504 e. The van der Waals surface area contributed by atoms with Crippen molar-refractivity contribution in [3.63, 3.8) is 0 Å². The zero-order valence-corrected chi connectivity index (χ0v) is 13.8. The topological polar surface area (TPSA) is 120 Å². The summed E-state index contributed by atoms with van der Waals surface area (Å²) in [6.45, 7) is 0. The average Bonchev–Trinajstić information content (AvgIpc) is 2.66. The Morgan fingerprint density at radius 1 is 0.852 bits per heavy atom. The van der Waals surface area contributed by atoms with Crippen LogP contribution in [0.4, 0.5) is 5.69 Å². The summed E-state index contributed by atoms with van der Waals surface area (Å²) in [5.41, 5.74) is 0.914. The molecule has 7 nitrogen and oxygen atoms in total. The third-order valence-corrected chi connectivity index (χ3v) is 4.17. The molecule has 1 heterocycles. The quantitative estimate of drug-likeness (QED) is 0.320. The lowest BCUT2D eigenvalue weighted by Gasteiger charge is -2.08. The molecule has 0 saturated heterocycles. The number of nitrogens with one attached hydrogen (secondary N) is 1. The molecule has 4 N–H and O–H groups in total. The Kier molecular flexibility index (Phi) is 3.70. The highest BCUT2D eigenvalue weighted by atomic mass is 16.3. The smallest absolute Gasteiger partial charge is 0.255 e. The number of benzene rings is 3. The number of hydrogen-bond donors (Lipinski definition) is 4. The maximum atomic E-state index is 12.7. The first-order valence-electron chi connectivity index (χ1n) is 7.96. The van der Waals surface area contributed by atoms with Crippen LogP contribution in [-0.2, 0) is 0 Å². The monoisotopic (exact) mass is 363 g/mol. The fraction of sp³-hybridized carbons (Fsp3) is 0. The molecule has 3 aromatic carbocycles. The first-order chi connectivity index (χ1) is 12.9. The standard InChI is InChI=1S/C20H13NO6/c22-14-7-10(8-15(23)19(14)25)20(26)21-11-5-6-17-13(9-11)18(24)12-3-1-2-4-16(12)27-17/h1-9,22-23,25H,(H,21,26). The fourth-order valence-electron chi connectivity index (χ4n) is 2.82. The number of carbonyl (C=O) groups excluding carboxylic acids is 1. The molecule has 0 bridgehead atoms. The molecule has 134 valence electrons. The molecule has 0 aliphatic heterocycles.